The topological polar surface area (TPSA) is 24.1 Å². The largest absolute Gasteiger partial charge is 0.315 e. The molecule has 1 heterocycles. The number of nitrogens with one attached hydrogen (secondary N) is 2. The van der Waals surface area contributed by atoms with Gasteiger partial charge in [-0.15, -0.1) is 0 Å². The van der Waals surface area contributed by atoms with E-state index in [0.29, 0.717) is 11.6 Å². The van der Waals surface area contributed by atoms with Gasteiger partial charge < -0.3 is 10.6 Å². The summed E-state index contributed by atoms with van der Waals surface area (Å²) in [6.07, 6.45) is 3.88. The molecule has 0 bridgehead atoms. The lowest BCUT2D eigenvalue weighted by Gasteiger charge is -2.39. The second-order valence-electron chi connectivity index (χ2n) is 4.21. The monoisotopic (exact) mass is 170 g/mol. The minimum Gasteiger partial charge on any atom is -0.315 e. The van der Waals surface area contributed by atoms with Crippen molar-refractivity contribution in [3.63, 3.8) is 0 Å². The molecule has 0 aromatic rings. The van der Waals surface area contributed by atoms with Crippen molar-refractivity contribution in [1.29, 1.82) is 0 Å². The molecule has 2 N–H and O–H groups in total. The first-order valence-corrected chi connectivity index (χ1v) is 5.17. The van der Waals surface area contributed by atoms with Crippen molar-refractivity contribution in [1.82, 2.24) is 10.6 Å². The second-order valence-corrected chi connectivity index (χ2v) is 4.21. The van der Waals surface area contributed by atoms with Crippen LogP contribution in [0.4, 0.5) is 0 Å². The molecular weight excluding hydrogens is 148 g/mol. The Bertz CT molecular complexity index is 126. The lowest BCUT2D eigenvalue weighted by atomic mass is 9.87. The Morgan fingerprint density at radius 2 is 2.25 bits per heavy atom. The predicted octanol–water partition coefficient (Wildman–Crippen LogP) is 1.52. The molecule has 72 valence electrons. The summed E-state index contributed by atoms with van der Waals surface area (Å²) >= 11 is 0. The van der Waals surface area contributed by atoms with E-state index in [2.05, 4.69) is 31.4 Å². The first-order chi connectivity index (χ1) is 5.68. The van der Waals surface area contributed by atoms with Crippen molar-refractivity contribution in [2.24, 2.45) is 0 Å². The van der Waals surface area contributed by atoms with Crippen molar-refractivity contribution in [2.75, 3.05) is 13.1 Å². The van der Waals surface area contributed by atoms with Crippen molar-refractivity contribution in [3.8, 4) is 0 Å². The Balaban J connectivity index is 2.48. The third kappa shape index (κ3) is 2.46. The van der Waals surface area contributed by atoms with E-state index >= 15 is 0 Å². The fraction of sp³-hybridized carbons (Fsp3) is 1.00. The average molecular weight is 170 g/mol. The van der Waals surface area contributed by atoms with Crippen molar-refractivity contribution in [3.05, 3.63) is 0 Å². The molecule has 1 aliphatic rings. The molecule has 0 radical (unpaired) electrons. The molecule has 1 saturated heterocycles. The molecule has 2 nitrogen and oxygen atoms in total. The molecule has 0 aromatic carbocycles. The van der Waals surface area contributed by atoms with Crippen LogP contribution < -0.4 is 10.6 Å². The minimum absolute atomic E-state index is 0.381. The average Bonchev–Trinajstić information content (AvgIpc) is 2.05. The fourth-order valence-corrected chi connectivity index (χ4v) is 2.11. The summed E-state index contributed by atoms with van der Waals surface area (Å²) in [5.74, 6) is 0. The van der Waals surface area contributed by atoms with E-state index in [1.54, 1.807) is 0 Å². The maximum absolute atomic E-state index is 3.68. The van der Waals surface area contributed by atoms with Gasteiger partial charge in [0.15, 0.2) is 0 Å². The van der Waals surface area contributed by atoms with Gasteiger partial charge in [-0.1, -0.05) is 20.8 Å². The normalized spacial score (nSPS) is 31.0. The number of hydrogen-bond acceptors (Lipinski definition) is 2. The summed E-state index contributed by atoms with van der Waals surface area (Å²) in [6.45, 7) is 9.07. The molecular formula is C10H22N2. The predicted molar refractivity (Wildman–Crippen MR) is 53.4 cm³/mol. The quantitative estimate of drug-likeness (QED) is 0.671. The lowest BCUT2D eigenvalue weighted by molar-refractivity contribution is 0.224. The molecule has 1 rings (SSSR count). The van der Waals surface area contributed by atoms with Crippen molar-refractivity contribution in [2.45, 2.75) is 51.6 Å². The van der Waals surface area contributed by atoms with Gasteiger partial charge in [-0.3, -0.25) is 0 Å². The number of rotatable bonds is 3. The molecule has 1 aliphatic heterocycles. The summed E-state index contributed by atoms with van der Waals surface area (Å²) < 4.78 is 0. The highest BCUT2D eigenvalue weighted by Crippen LogP contribution is 2.20. The van der Waals surface area contributed by atoms with Gasteiger partial charge in [-0.05, 0) is 25.8 Å². The van der Waals surface area contributed by atoms with E-state index in [1.165, 1.54) is 25.8 Å². The summed E-state index contributed by atoms with van der Waals surface area (Å²) in [5, 5.41) is 7.15. The summed E-state index contributed by atoms with van der Waals surface area (Å²) in [4.78, 5) is 0. The van der Waals surface area contributed by atoms with Crippen LogP contribution in [0.2, 0.25) is 0 Å². The summed E-state index contributed by atoms with van der Waals surface area (Å²) in [5.41, 5.74) is 0.381. The molecule has 2 heteroatoms. The highest BCUT2D eigenvalue weighted by Gasteiger charge is 2.29. The van der Waals surface area contributed by atoms with E-state index in [4.69, 9.17) is 0 Å². The Labute approximate surface area is 76.1 Å². The van der Waals surface area contributed by atoms with Crippen LogP contribution in [0.3, 0.4) is 0 Å². The van der Waals surface area contributed by atoms with Crippen LogP contribution >= 0.6 is 0 Å². The number of hydrogen-bond donors (Lipinski definition) is 2. The third-order valence-electron chi connectivity index (χ3n) is 2.74. The maximum atomic E-state index is 3.68. The summed E-state index contributed by atoms with van der Waals surface area (Å²) in [6, 6.07) is 0.602. The van der Waals surface area contributed by atoms with Gasteiger partial charge in [-0.2, -0.15) is 0 Å². The first kappa shape index (κ1) is 10.0. The van der Waals surface area contributed by atoms with Crippen LogP contribution in [0.15, 0.2) is 0 Å². The van der Waals surface area contributed by atoms with Gasteiger partial charge in [0.25, 0.3) is 0 Å². The third-order valence-corrected chi connectivity index (χ3v) is 2.74. The fourth-order valence-electron chi connectivity index (χ4n) is 2.11. The zero-order valence-corrected chi connectivity index (χ0v) is 8.61. The Hall–Kier alpha value is -0.0800. The van der Waals surface area contributed by atoms with Gasteiger partial charge in [-0.25, -0.2) is 0 Å². The first-order valence-electron chi connectivity index (χ1n) is 5.17. The zero-order chi connectivity index (χ0) is 9.03. The zero-order valence-electron chi connectivity index (χ0n) is 8.61. The molecule has 0 amide bonds. The molecule has 0 aromatic heterocycles. The van der Waals surface area contributed by atoms with Gasteiger partial charge in [0, 0.05) is 18.1 Å². The van der Waals surface area contributed by atoms with Gasteiger partial charge >= 0.3 is 0 Å². The van der Waals surface area contributed by atoms with Crippen LogP contribution in [0.1, 0.15) is 40.0 Å². The molecule has 0 saturated carbocycles. The Kier molecular flexibility index (Phi) is 3.53. The van der Waals surface area contributed by atoms with E-state index in [-0.39, 0.29) is 0 Å². The van der Waals surface area contributed by atoms with Crippen molar-refractivity contribution < 1.29 is 0 Å². The molecule has 0 aliphatic carbocycles. The lowest BCUT2D eigenvalue weighted by Crippen LogP contribution is -2.57. The summed E-state index contributed by atoms with van der Waals surface area (Å²) in [7, 11) is 0. The van der Waals surface area contributed by atoms with E-state index in [9.17, 15) is 0 Å². The van der Waals surface area contributed by atoms with Crippen LogP contribution in [-0.2, 0) is 0 Å². The van der Waals surface area contributed by atoms with E-state index in [0.717, 1.165) is 6.54 Å². The Morgan fingerprint density at radius 1 is 1.50 bits per heavy atom. The minimum atomic E-state index is 0.381. The standard InChI is InChI=1S/C10H22N2/c1-4-10(12-9(2)3)6-5-7-11-8-10/h9,11-12H,4-8H2,1-3H3. The van der Waals surface area contributed by atoms with Crippen molar-refractivity contribution >= 4 is 0 Å². The smallest absolute Gasteiger partial charge is 0.0306 e. The van der Waals surface area contributed by atoms with Gasteiger partial charge in [0.2, 0.25) is 0 Å². The molecule has 1 fully saturated rings. The SMILES string of the molecule is CCC1(NC(C)C)CCCNC1. The highest BCUT2D eigenvalue weighted by molar-refractivity contribution is 4.92. The number of piperidine rings is 1. The van der Waals surface area contributed by atoms with E-state index in [1.807, 2.05) is 0 Å². The van der Waals surface area contributed by atoms with E-state index < -0.39 is 0 Å². The van der Waals surface area contributed by atoms with Gasteiger partial charge in [0.1, 0.15) is 0 Å². The van der Waals surface area contributed by atoms with Crippen LogP contribution in [0, 0.1) is 0 Å². The highest BCUT2D eigenvalue weighted by atomic mass is 15.1. The Morgan fingerprint density at radius 3 is 2.67 bits per heavy atom. The van der Waals surface area contributed by atoms with Crippen LogP contribution in [0.25, 0.3) is 0 Å². The van der Waals surface area contributed by atoms with Crippen LogP contribution in [0.5, 0.6) is 0 Å². The second kappa shape index (κ2) is 4.24. The van der Waals surface area contributed by atoms with Crippen LogP contribution in [-0.4, -0.2) is 24.7 Å². The molecule has 12 heavy (non-hydrogen) atoms. The molecule has 1 atom stereocenters. The van der Waals surface area contributed by atoms with Gasteiger partial charge in [0.05, 0.1) is 0 Å². The molecule has 0 spiro atoms. The maximum Gasteiger partial charge on any atom is 0.0306 e. The molecule has 1 unspecified atom stereocenters.